The highest BCUT2D eigenvalue weighted by Crippen LogP contribution is 2.24. The molecule has 1 fully saturated rings. The second kappa shape index (κ2) is 5.90. The Balaban J connectivity index is 2.08. The molecule has 1 aliphatic rings. The Bertz CT molecular complexity index is 533. The Morgan fingerprint density at radius 1 is 1.30 bits per heavy atom. The first-order chi connectivity index (χ1) is 9.49. The zero-order valence-corrected chi connectivity index (χ0v) is 11.7. The van der Waals surface area contributed by atoms with Gasteiger partial charge in [0.05, 0.1) is 0 Å². The van der Waals surface area contributed by atoms with Crippen molar-refractivity contribution in [3.05, 3.63) is 41.5 Å². The number of aryl methyl sites for hydroxylation is 1. The van der Waals surface area contributed by atoms with E-state index in [2.05, 4.69) is 0 Å². The molecule has 1 aromatic carbocycles. The maximum Gasteiger partial charge on any atom is 0.326 e. The van der Waals surface area contributed by atoms with E-state index in [1.165, 1.54) is 11.0 Å². The number of amides is 1. The van der Waals surface area contributed by atoms with Crippen LogP contribution < -0.4 is 0 Å². The van der Waals surface area contributed by atoms with E-state index in [1.807, 2.05) is 38.1 Å². The minimum Gasteiger partial charge on any atom is -0.480 e. The maximum absolute atomic E-state index is 12.1. The van der Waals surface area contributed by atoms with Gasteiger partial charge in [0.25, 0.3) is 0 Å². The van der Waals surface area contributed by atoms with Gasteiger partial charge in [-0.15, -0.1) is 0 Å². The molecule has 1 N–H and O–H groups in total. The van der Waals surface area contributed by atoms with Gasteiger partial charge in [-0.05, 0) is 30.9 Å². The number of carbonyl (C=O) groups is 2. The van der Waals surface area contributed by atoms with Crippen molar-refractivity contribution in [3.8, 4) is 0 Å². The molecule has 2 unspecified atom stereocenters. The van der Waals surface area contributed by atoms with Crippen LogP contribution in [-0.2, 0) is 9.59 Å². The van der Waals surface area contributed by atoms with Crippen LogP contribution in [0, 0.1) is 12.8 Å². The lowest BCUT2D eigenvalue weighted by Crippen LogP contribution is -2.42. The van der Waals surface area contributed by atoms with E-state index >= 15 is 0 Å². The monoisotopic (exact) mass is 273 g/mol. The van der Waals surface area contributed by atoms with E-state index in [1.54, 1.807) is 6.08 Å². The van der Waals surface area contributed by atoms with Gasteiger partial charge in [-0.3, -0.25) is 4.79 Å². The first-order valence-electron chi connectivity index (χ1n) is 6.77. The van der Waals surface area contributed by atoms with Gasteiger partial charge in [0.15, 0.2) is 0 Å². The molecule has 2 atom stereocenters. The van der Waals surface area contributed by atoms with E-state index in [9.17, 15) is 14.7 Å². The number of nitrogens with zero attached hydrogens (tertiary/aromatic N) is 1. The summed E-state index contributed by atoms with van der Waals surface area (Å²) in [4.78, 5) is 24.8. The van der Waals surface area contributed by atoms with E-state index < -0.39 is 12.0 Å². The van der Waals surface area contributed by atoms with Crippen LogP contribution in [0.1, 0.15) is 24.5 Å². The Hall–Kier alpha value is -2.10. The molecule has 1 heterocycles. The second-order valence-corrected chi connectivity index (χ2v) is 5.32. The molecule has 0 bridgehead atoms. The van der Waals surface area contributed by atoms with Gasteiger partial charge in [-0.1, -0.05) is 36.8 Å². The summed E-state index contributed by atoms with van der Waals surface area (Å²) in [7, 11) is 0. The van der Waals surface area contributed by atoms with Crippen molar-refractivity contribution in [2.45, 2.75) is 26.3 Å². The van der Waals surface area contributed by atoms with Crippen molar-refractivity contribution >= 4 is 18.0 Å². The van der Waals surface area contributed by atoms with Crippen molar-refractivity contribution in [1.82, 2.24) is 4.90 Å². The van der Waals surface area contributed by atoms with Gasteiger partial charge in [-0.2, -0.15) is 0 Å². The molecule has 2 rings (SSSR count). The van der Waals surface area contributed by atoms with Crippen LogP contribution in [-0.4, -0.2) is 34.5 Å². The van der Waals surface area contributed by atoms with Crippen LogP contribution in [0.15, 0.2) is 30.3 Å². The van der Waals surface area contributed by atoms with Crippen LogP contribution in [0.25, 0.3) is 6.08 Å². The predicted molar refractivity (Wildman–Crippen MR) is 77.1 cm³/mol. The van der Waals surface area contributed by atoms with Crippen LogP contribution in [0.2, 0.25) is 0 Å². The standard InChI is InChI=1S/C16H19NO3/c1-11-3-5-13(6-4-11)7-8-14(18)17-10-9-12(2)15(17)16(19)20/h3-8,12,15H,9-10H2,1-2H3,(H,19,20)/b8-7+. The van der Waals surface area contributed by atoms with E-state index in [0.717, 1.165) is 17.5 Å². The van der Waals surface area contributed by atoms with E-state index in [0.29, 0.717) is 6.54 Å². The third-order valence-electron chi connectivity index (χ3n) is 3.73. The molecule has 106 valence electrons. The summed E-state index contributed by atoms with van der Waals surface area (Å²) in [5.41, 5.74) is 2.09. The first kappa shape index (κ1) is 14.3. The fourth-order valence-corrected chi connectivity index (χ4v) is 2.51. The molecule has 0 radical (unpaired) electrons. The summed E-state index contributed by atoms with van der Waals surface area (Å²) in [6.45, 7) is 4.38. The largest absolute Gasteiger partial charge is 0.480 e. The number of hydrogen-bond donors (Lipinski definition) is 1. The molecule has 20 heavy (non-hydrogen) atoms. The molecule has 1 amide bonds. The zero-order valence-electron chi connectivity index (χ0n) is 11.7. The molecule has 0 aliphatic carbocycles. The number of benzene rings is 1. The van der Waals surface area contributed by atoms with Crippen molar-refractivity contribution < 1.29 is 14.7 Å². The maximum atomic E-state index is 12.1. The summed E-state index contributed by atoms with van der Waals surface area (Å²) in [5.74, 6) is -1.15. The fraction of sp³-hybridized carbons (Fsp3) is 0.375. The molecular formula is C16H19NO3. The number of likely N-dealkylation sites (tertiary alicyclic amines) is 1. The number of rotatable bonds is 3. The van der Waals surface area contributed by atoms with Crippen molar-refractivity contribution in [3.63, 3.8) is 0 Å². The molecule has 0 aromatic heterocycles. The highest BCUT2D eigenvalue weighted by atomic mass is 16.4. The normalized spacial score (nSPS) is 22.4. The van der Waals surface area contributed by atoms with Crippen molar-refractivity contribution in [2.24, 2.45) is 5.92 Å². The molecule has 1 aliphatic heterocycles. The SMILES string of the molecule is Cc1ccc(/C=C/C(=O)N2CCC(C)C2C(=O)O)cc1. The summed E-state index contributed by atoms with van der Waals surface area (Å²) < 4.78 is 0. The summed E-state index contributed by atoms with van der Waals surface area (Å²) in [6.07, 6.45) is 3.92. The summed E-state index contributed by atoms with van der Waals surface area (Å²) in [5, 5.41) is 9.20. The van der Waals surface area contributed by atoms with Crippen molar-refractivity contribution in [1.29, 1.82) is 0 Å². The Labute approximate surface area is 118 Å². The Morgan fingerprint density at radius 2 is 1.95 bits per heavy atom. The quantitative estimate of drug-likeness (QED) is 0.860. The van der Waals surface area contributed by atoms with Crippen molar-refractivity contribution in [2.75, 3.05) is 6.54 Å². The number of carbonyl (C=O) groups excluding carboxylic acids is 1. The molecular weight excluding hydrogens is 254 g/mol. The molecule has 1 saturated heterocycles. The predicted octanol–water partition coefficient (Wildman–Crippen LogP) is 2.33. The third kappa shape index (κ3) is 3.07. The van der Waals surface area contributed by atoms with Gasteiger partial charge in [0.2, 0.25) is 5.91 Å². The van der Waals surface area contributed by atoms with Gasteiger partial charge < -0.3 is 10.0 Å². The van der Waals surface area contributed by atoms with E-state index in [4.69, 9.17) is 0 Å². The average Bonchev–Trinajstić information content (AvgIpc) is 2.80. The van der Waals surface area contributed by atoms with Crippen LogP contribution >= 0.6 is 0 Å². The lowest BCUT2D eigenvalue weighted by atomic mass is 10.0. The minimum absolute atomic E-state index is 0.00391. The van der Waals surface area contributed by atoms with Crippen LogP contribution in [0.3, 0.4) is 0 Å². The number of hydrogen-bond acceptors (Lipinski definition) is 2. The fourth-order valence-electron chi connectivity index (χ4n) is 2.51. The van der Waals surface area contributed by atoms with Gasteiger partial charge >= 0.3 is 5.97 Å². The molecule has 0 saturated carbocycles. The molecule has 0 spiro atoms. The van der Waals surface area contributed by atoms with E-state index in [-0.39, 0.29) is 11.8 Å². The average molecular weight is 273 g/mol. The third-order valence-corrected chi connectivity index (χ3v) is 3.73. The first-order valence-corrected chi connectivity index (χ1v) is 6.77. The summed E-state index contributed by atoms with van der Waals surface area (Å²) in [6, 6.07) is 7.11. The summed E-state index contributed by atoms with van der Waals surface area (Å²) >= 11 is 0. The molecule has 1 aromatic rings. The second-order valence-electron chi connectivity index (χ2n) is 5.32. The Kier molecular flexibility index (Phi) is 4.23. The van der Waals surface area contributed by atoms with Crippen LogP contribution in [0.5, 0.6) is 0 Å². The van der Waals surface area contributed by atoms with Gasteiger partial charge in [0.1, 0.15) is 6.04 Å². The molecule has 4 heteroatoms. The highest BCUT2D eigenvalue weighted by Gasteiger charge is 2.38. The molecule has 4 nitrogen and oxygen atoms in total. The highest BCUT2D eigenvalue weighted by molar-refractivity contribution is 5.94. The number of carboxylic acids is 1. The van der Waals surface area contributed by atoms with Gasteiger partial charge in [-0.25, -0.2) is 4.79 Å². The zero-order chi connectivity index (χ0) is 14.7. The lowest BCUT2D eigenvalue weighted by molar-refractivity contribution is -0.147. The van der Waals surface area contributed by atoms with Crippen LogP contribution in [0.4, 0.5) is 0 Å². The topological polar surface area (TPSA) is 57.6 Å². The smallest absolute Gasteiger partial charge is 0.326 e. The Morgan fingerprint density at radius 3 is 2.55 bits per heavy atom. The minimum atomic E-state index is -0.924. The number of carboxylic acid groups (broad SMARTS) is 1. The van der Waals surface area contributed by atoms with Gasteiger partial charge in [0, 0.05) is 12.6 Å². The lowest BCUT2D eigenvalue weighted by Gasteiger charge is -2.21. The number of aliphatic carboxylic acids is 1.